The average molecular weight is 371 g/mol. The Labute approximate surface area is 127 Å². The van der Waals surface area contributed by atoms with Crippen molar-refractivity contribution in [2.24, 2.45) is 0 Å². The fourth-order valence-corrected chi connectivity index (χ4v) is 1.74. The average Bonchev–Trinajstić information content (AvgIpc) is 2.33. The van der Waals surface area contributed by atoms with Crippen LogP contribution in [0.4, 0.5) is 45.2 Å². The first kappa shape index (κ1) is 19.5. The summed E-state index contributed by atoms with van der Waals surface area (Å²) in [4.78, 5) is 11.2. The van der Waals surface area contributed by atoms with Crippen LogP contribution in [0.25, 0.3) is 0 Å². The zero-order valence-corrected chi connectivity index (χ0v) is 11.5. The molecule has 0 fully saturated rings. The highest BCUT2D eigenvalue weighted by Crippen LogP contribution is 2.37. The highest BCUT2D eigenvalue weighted by Gasteiger charge is 2.37. The third-order valence-corrected chi connectivity index (χ3v) is 2.97. The molecule has 0 aliphatic carbocycles. The molecule has 0 bridgehead atoms. The number of alkyl halides is 9. The van der Waals surface area contributed by atoms with Gasteiger partial charge in [0.05, 0.1) is 16.9 Å². The molecule has 0 aliphatic rings. The molecular formula is C11H6F9NOS. The van der Waals surface area contributed by atoms with E-state index in [1.54, 1.807) is 5.32 Å². The van der Waals surface area contributed by atoms with Crippen LogP contribution < -0.4 is 5.32 Å². The molecule has 0 spiro atoms. The third kappa shape index (κ3) is 6.59. The molecule has 130 valence electrons. The van der Waals surface area contributed by atoms with Gasteiger partial charge in [-0.3, -0.25) is 4.79 Å². The molecule has 0 radical (unpaired) electrons. The summed E-state index contributed by atoms with van der Waals surface area (Å²) in [6.07, 6.45) is -10.2. The van der Waals surface area contributed by atoms with Gasteiger partial charge < -0.3 is 5.32 Å². The Balaban J connectivity index is 3.04. The van der Waals surface area contributed by atoms with Gasteiger partial charge in [0.25, 0.3) is 0 Å². The van der Waals surface area contributed by atoms with Crippen LogP contribution in [-0.4, -0.2) is 17.2 Å². The first-order valence-electron chi connectivity index (χ1n) is 5.48. The van der Waals surface area contributed by atoms with Crippen molar-refractivity contribution >= 4 is 23.4 Å². The molecule has 1 amide bonds. The fraction of sp³-hybridized carbons (Fsp3) is 0.364. The van der Waals surface area contributed by atoms with Crippen molar-refractivity contribution in [1.29, 1.82) is 0 Å². The highest BCUT2D eigenvalue weighted by atomic mass is 32.2. The molecule has 0 saturated heterocycles. The van der Waals surface area contributed by atoms with Crippen molar-refractivity contribution in [2.45, 2.75) is 17.9 Å². The molecule has 1 aromatic carbocycles. The minimum absolute atomic E-state index is 0.167. The van der Waals surface area contributed by atoms with E-state index in [-0.39, 0.29) is 18.2 Å². The van der Waals surface area contributed by atoms with Crippen LogP contribution in [-0.2, 0) is 17.1 Å². The zero-order chi connectivity index (χ0) is 18.1. The van der Waals surface area contributed by atoms with Gasteiger partial charge >= 0.3 is 17.9 Å². The van der Waals surface area contributed by atoms with E-state index in [0.717, 1.165) is 0 Å². The van der Waals surface area contributed by atoms with E-state index >= 15 is 0 Å². The molecule has 0 heterocycles. The maximum absolute atomic E-state index is 12.5. The van der Waals surface area contributed by atoms with Crippen molar-refractivity contribution < 1.29 is 44.3 Å². The first-order valence-corrected chi connectivity index (χ1v) is 6.47. The van der Waals surface area contributed by atoms with Gasteiger partial charge in [-0.2, -0.15) is 39.5 Å². The summed E-state index contributed by atoms with van der Waals surface area (Å²) < 4.78 is 111. The molecular weight excluding hydrogens is 365 g/mol. The van der Waals surface area contributed by atoms with Crippen molar-refractivity contribution in [2.75, 3.05) is 11.1 Å². The number of amides is 1. The number of benzene rings is 1. The molecule has 0 unspecified atom stereocenters. The van der Waals surface area contributed by atoms with Crippen molar-refractivity contribution in [3.8, 4) is 0 Å². The minimum Gasteiger partial charge on any atom is -0.325 e. The Kier molecular flexibility index (Phi) is 5.49. The smallest absolute Gasteiger partial charge is 0.325 e. The second-order valence-electron chi connectivity index (χ2n) is 4.08. The van der Waals surface area contributed by atoms with Crippen molar-refractivity contribution in [1.82, 2.24) is 0 Å². The largest absolute Gasteiger partial charge is 0.442 e. The number of rotatable bonds is 3. The number of thioether (sulfide) groups is 1. The molecule has 0 atom stereocenters. The maximum Gasteiger partial charge on any atom is 0.442 e. The maximum atomic E-state index is 12.5. The second-order valence-corrected chi connectivity index (χ2v) is 5.12. The van der Waals surface area contributed by atoms with E-state index in [9.17, 15) is 44.3 Å². The van der Waals surface area contributed by atoms with Gasteiger partial charge in [-0.05, 0) is 30.0 Å². The summed E-state index contributed by atoms with van der Waals surface area (Å²) in [7, 11) is 0. The van der Waals surface area contributed by atoms with Crippen molar-refractivity contribution in [3.05, 3.63) is 29.3 Å². The van der Waals surface area contributed by atoms with Crippen LogP contribution in [0.5, 0.6) is 0 Å². The quantitative estimate of drug-likeness (QED) is 0.765. The summed E-state index contributed by atoms with van der Waals surface area (Å²) in [6, 6.07) is 0.233. The summed E-state index contributed by atoms with van der Waals surface area (Å²) in [6.45, 7) is 0. The standard InChI is InChI=1S/C11H6F9NOS/c12-9(13,14)5-1-6(10(15,16)17)3-7(2-5)21-8(22)4-23-11(18,19)20/h1-3H,4H2,(H,21,22). The van der Waals surface area contributed by atoms with Gasteiger partial charge in [0.15, 0.2) is 0 Å². The van der Waals surface area contributed by atoms with Crippen LogP contribution in [0.2, 0.25) is 0 Å². The number of carbonyl (C=O) groups excluding carboxylic acids is 1. The van der Waals surface area contributed by atoms with Crippen LogP contribution in [0.3, 0.4) is 0 Å². The predicted octanol–water partition coefficient (Wildman–Crippen LogP) is 4.92. The van der Waals surface area contributed by atoms with E-state index in [1.165, 1.54) is 0 Å². The Morgan fingerprint density at radius 2 is 1.30 bits per heavy atom. The zero-order valence-electron chi connectivity index (χ0n) is 10.7. The molecule has 0 saturated carbocycles. The van der Waals surface area contributed by atoms with E-state index in [0.29, 0.717) is 0 Å². The summed E-state index contributed by atoms with van der Waals surface area (Å²) in [5.41, 5.74) is -9.04. The van der Waals surface area contributed by atoms with Crippen LogP contribution in [0.1, 0.15) is 11.1 Å². The van der Waals surface area contributed by atoms with Gasteiger partial charge in [-0.15, -0.1) is 0 Å². The number of anilines is 1. The number of nitrogens with one attached hydrogen (secondary N) is 1. The number of carbonyl (C=O) groups is 1. The fourth-order valence-electron chi connectivity index (χ4n) is 1.37. The Bertz CT molecular complexity index is 544. The molecule has 0 aliphatic heterocycles. The summed E-state index contributed by atoms with van der Waals surface area (Å²) >= 11 is -0.776. The van der Waals surface area contributed by atoms with Gasteiger partial charge in [-0.25, -0.2) is 0 Å². The van der Waals surface area contributed by atoms with Crippen LogP contribution in [0, 0.1) is 0 Å². The summed E-state index contributed by atoms with van der Waals surface area (Å²) in [5, 5.41) is 1.58. The third-order valence-electron chi connectivity index (χ3n) is 2.24. The molecule has 1 N–H and O–H groups in total. The van der Waals surface area contributed by atoms with E-state index in [2.05, 4.69) is 0 Å². The Morgan fingerprint density at radius 3 is 1.65 bits per heavy atom. The molecule has 0 aromatic heterocycles. The summed E-state index contributed by atoms with van der Waals surface area (Å²) in [5.74, 6) is -2.60. The van der Waals surface area contributed by atoms with Gasteiger partial charge in [0, 0.05) is 5.69 Å². The number of halogens is 9. The SMILES string of the molecule is O=C(CSC(F)(F)F)Nc1cc(C(F)(F)F)cc(C(F)(F)F)c1. The molecule has 1 rings (SSSR count). The van der Waals surface area contributed by atoms with E-state index in [1.807, 2.05) is 0 Å². The lowest BCUT2D eigenvalue weighted by Gasteiger charge is -2.14. The van der Waals surface area contributed by atoms with Gasteiger partial charge in [0.1, 0.15) is 0 Å². The Hall–Kier alpha value is -1.59. The lowest BCUT2D eigenvalue weighted by Crippen LogP contribution is -2.19. The van der Waals surface area contributed by atoms with Crippen LogP contribution >= 0.6 is 11.8 Å². The lowest BCUT2D eigenvalue weighted by molar-refractivity contribution is -0.143. The molecule has 12 heteroatoms. The van der Waals surface area contributed by atoms with E-state index in [4.69, 9.17) is 0 Å². The molecule has 2 nitrogen and oxygen atoms in total. The van der Waals surface area contributed by atoms with Gasteiger partial charge in [0.2, 0.25) is 5.91 Å². The van der Waals surface area contributed by atoms with Crippen LogP contribution in [0.15, 0.2) is 18.2 Å². The number of hydrogen-bond acceptors (Lipinski definition) is 2. The molecule has 1 aromatic rings. The molecule has 23 heavy (non-hydrogen) atoms. The predicted molar refractivity (Wildman–Crippen MR) is 63.6 cm³/mol. The van der Waals surface area contributed by atoms with Gasteiger partial charge in [-0.1, -0.05) is 0 Å². The second kappa shape index (κ2) is 6.49. The first-order chi connectivity index (χ1) is 10.2. The minimum atomic E-state index is -5.12. The number of hydrogen-bond donors (Lipinski definition) is 1. The lowest BCUT2D eigenvalue weighted by atomic mass is 10.1. The normalized spacial score (nSPS) is 13.1. The highest BCUT2D eigenvalue weighted by molar-refractivity contribution is 8.00. The van der Waals surface area contributed by atoms with Crippen molar-refractivity contribution in [3.63, 3.8) is 0 Å². The topological polar surface area (TPSA) is 29.1 Å². The van der Waals surface area contributed by atoms with E-state index < -0.39 is 58.1 Å². The monoisotopic (exact) mass is 371 g/mol. The Morgan fingerprint density at radius 1 is 0.870 bits per heavy atom.